The van der Waals surface area contributed by atoms with Crippen molar-refractivity contribution in [3.8, 4) is 0 Å². The SMILES string of the molecule is O=C(c1ccnc(F)c1)N1CC[C@]2(CCC[C@H](CN3CCCC3)O2)C1. The van der Waals surface area contributed by atoms with Gasteiger partial charge in [0.25, 0.3) is 5.91 Å². The summed E-state index contributed by atoms with van der Waals surface area (Å²) in [5, 5.41) is 0. The summed E-state index contributed by atoms with van der Waals surface area (Å²) in [7, 11) is 0. The van der Waals surface area contributed by atoms with Gasteiger partial charge in [0.2, 0.25) is 5.95 Å². The van der Waals surface area contributed by atoms with Crippen LogP contribution in [0.2, 0.25) is 0 Å². The summed E-state index contributed by atoms with van der Waals surface area (Å²) in [5.41, 5.74) is 0.165. The highest BCUT2D eigenvalue weighted by molar-refractivity contribution is 5.94. The van der Waals surface area contributed by atoms with E-state index in [-0.39, 0.29) is 17.6 Å². The van der Waals surface area contributed by atoms with Crippen molar-refractivity contribution in [3.05, 3.63) is 29.8 Å². The Morgan fingerprint density at radius 3 is 2.92 bits per heavy atom. The van der Waals surface area contributed by atoms with E-state index < -0.39 is 5.95 Å². The first-order valence-electron chi connectivity index (χ1n) is 9.45. The number of amides is 1. The Morgan fingerprint density at radius 1 is 1.28 bits per heavy atom. The van der Waals surface area contributed by atoms with Crippen LogP contribution in [-0.2, 0) is 4.74 Å². The molecular formula is C19H26FN3O2. The molecule has 2 atom stereocenters. The van der Waals surface area contributed by atoms with Crippen LogP contribution in [-0.4, -0.2) is 65.1 Å². The molecule has 0 unspecified atom stereocenters. The molecule has 1 aromatic heterocycles. The lowest BCUT2D eigenvalue weighted by Crippen LogP contribution is -2.47. The molecule has 0 saturated carbocycles. The number of nitrogens with zero attached hydrogens (tertiary/aromatic N) is 3. The molecule has 0 aliphatic carbocycles. The van der Waals surface area contributed by atoms with Gasteiger partial charge in [-0.2, -0.15) is 4.39 Å². The standard InChI is InChI=1S/C19H26FN3O2/c20-17-12-15(5-8-21-17)18(24)23-11-7-19(14-23)6-3-4-16(25-19)13-22-9-1-2-10-22/h5,8,12,16H,1-4,6-7,9-11,13-14H2/t16-,19-/m1/s1. The molecule has 3 aliphatic heterocycles. The van der Waals surface area contributed by atoms with Gasteiger partial charge in [0, 0.05) is 30.9 Å². The maximum absolute atomic E-state index is 13.3. The van der Waals surface area contributed by atoms with E-state index in [1.807, 2.05) is 4.90 Å². The first-order chi connectivity index (χ1) is 12.1. The molecule has 0 aromatic carbocycles. The van der Waals surface area contributed by atoms with E-state index in [1.165, 1.54) is 38.2 Å². The van der Waals surface area contributed by atoms with Crippen molar-refractivity contribution < 1.29 is 13.9 Å². The molecule has 0 bridgehead atoms. The molecule has 25 heavy (non-hydrogen) atoms. The fraction of sp³-hybridized carbons (Fsp3) is 0.684. The van der Waals surface area contributed by atoms with E-state index >= 15 is 0 Å². The molecule has 4 rings (SSSR count). The van der Waals surface area contributed by atoms with Crippen LogP contribution in [0.15, 0.2) is 18.3 Å². The summed E-state index contributed by atoms with van der Waals surface area (Å²) in [5.74, 6) is -0.734. The van der Waals surface area contributed by atoms with Gasteiger partial charge in [0.1, 0.15) is 0 Å². The second kappa shape index (κ2) is 7.00. The normalized spacial score (nSPS) is 30.3. The minimum absolute atomic E-state index is 0.122. The minimum atomic E-state index is -0.612. The van der Waals surface area contributed by atoms with Crippen molar-refractivity contribution in [2.24, 2.45) is 0 Å². The Hall–Kier alpha value is -1.53. The molecule has 6 heteroatoms. The molecule has 3 saturated heterocycles. The molecule has 5 nitrogen and oxygen atoms in total. The van der Waals surface area contributed by atoms with Gasteiger partial charge in [-0.15, -0.1) is 0 Å². The lowest BCUT2D eigenvalue weighted by Gasteiger charge is -2.40. The number of pyridine rings is 1. The molecule has 3 aliphatic rings. The van der Waals surface area contributed by atoms with Crippen molar-refractivity contribution in [1.82, 2.24) is 14.8 Å². The van der Waals surface area contributed by atoms with E-state index in [2.05, 4.69) is 9.88 Å². The van der Waals surface area contributed by atoms with E-state index in [0.717, 1.165) is 32.2 Å². The van der Waals surface area contributed by atoms with Gasteiger partial charge in [-0.25, -0.2) is 4.98 Å². The van der Waals surface area contributed by atoms with E-state index in [4.69, 9.17) is 4.74 Å². The predicted octanol–water partition coefficient (Wildman–Crippen LogP) is 2.47. The summed E-state index contributed by atoms with van der Waals surface area (Å²) in [6.07, 6.45) is 8.37. The molecular weight excluding hydrogens is 321 g/mol. The van der Waals surface area contributed by atoms with Gasteiger partial charge in [-0.05, 0) is 57.7 Å². The Kier molecular flexibility index (Phi) is 4.73. The van der Waals surface area contributed by atoms with Crippen molar-refractivity contribution >= 4 is 5.91 Å². The minimum Gasteiger partial charge on any atom is -0.369 e. The van der Waals surface area contributed by atoms with Gasteiger partial charge in [0.15, 0.2) is 0 Å². The first kappa shape index (κ1) is 16.9. The maximum Gasteiger partial charge on any atom is 0.254 e. The van der Waals surface area contributed by atoms with Gasteiger partial charge in [-0.3, -0.25) is 4.79 Å². The van der Waals surface area contributed by atoms with Gasteiger partial charge in [0.05, 0.1) is 18.2 Å². The third kappa shape index (κ3) is 3.70. The highest BCUT2D eigenvalue weighted by Gasteiger charge is 2.44. The molecule has 136 valence electrons. The summed E-state index contributed by atoms with van der Waals surface area (Å²) < 4.78 is 19.8. The van der Waals surface area contributed by atoms with Crippen LogP contribution in [0.25, 0.3) is 0 Å². The summed E-state index contributed by atoms with van der Waals surface area (Å²) in [4.78, 5) is 20.5. The zero-order chi connectivity index (χ0) is 17.3. The number of carbonyl (C=O) groups is 1. The zero-order valence-corrected chi connectivity index (χ0v) is 14.6. The van der Waals surface area contributed by atoms with Gasteiger partial charge >= 0.3 is 0 Å². The number of hydrogen-bond acceptors (Lipinski definition) is 4. The van der Waals surface area contributed by atoms with Crippen LogP contribution < -0.4 is 0 Å². The van der Waals surface area contributed by atoms with Crippen LogP contribution in [0.3, 0.4) is 0 Å². The largest absolute Gasteiger partial charge is 0.369 e. The highest BCUT2D eigenvalue weighted by Crippen LogP contribution is 2.37. The Morgan fingerprint density at radius 2 is 2.12 bits per heavy atom. The number of aromatic nitrogens is 1. The number of hydrogen-bond donors (Lipinski definition) is 0. The zero-order valence-electron chi connectivity index (χ0n) is 14.6. The third-order valence-electron chi connectivity index (χ3n) is 5.81. The van der Waals surface area contributed by atoms with Crippen LogP contribution in [0.4, 0.5) is 4.39 Å². The third-order valence-corrected chi connectivity index (χ3v) is 5.81. The number of likely N-dealkylation sites (tertiary alicyclic amines) is 2. The van der Waals surface area contributed by atoms with Gasteiger partial charge in [-0.1, -0.05) is 0 Å². The molecule has 0 N–H and O–H groups in total. The van der Waals surface area contributed by atoms with Crippen molar-refractivity contribution in [2.75, 3.05) is 32.7 Å². The smallest absolute Gasteiger partial charge is 0.254 e. The van der Waals surface area contributed by atoms with Crippen molar-refractivity contribution in [1.29, 1.82) is 0 Å². The molecule has 1 spiro atoms. The predicted molar refractivity (Wildman–Crippen MR) is 91.8 cm³/mol. The fourth-order valence-corrected chi connectivity index (χ4v) is 4.54. The monoisotopic (exact) mass is 347 g/mol. The lowest BCUT2D eigenvalue weighted by molar-refractivity contribution is -0.126. The van der Waals surface area contributed by atoms with Gasteiger partial charge < -0.3 is 14.5 Å². The fourth-order valence-electron chi connectivity index (χ4n) is 4.54. The highest BCUT2D eigenvalue weighted by atomic mass is 19.1. The quantitative estimate of drug-likeness (QED) is 0.788. The van der Waals surface area contributed by atoms with Crippen molar-refractivity contribution in [2.45, 2.75) is 50.2 Å². The molecule has 4 heterocycles. The summed E-state index contributed by atoms with van der Waals surface area (Å²) >= 11 is 0. The number of rotatable bonds is 3. The molecule has 1 aromatic rings. The Balaban J connectivity index is 1.39. The summed E-state index contributed by atoms with van der Waals surface area (Å²) in [6.45, 7) is 4.69. The number of ether oxygens (including phenoxy) is 1. The van der Waals surface area contributed by atoms with Crippen LogP contribution >= 0.6 is 0 Å². The Labute approximate surface area is 148 Å². The van der Waals surface area contributed by atoms with E-state index in [0.29, 0.717) is 18.7 Å². The average Bonchev–Trinajstić information content (AvgIpc) is 3.25. The topological polar surface area (TPSA) is 45.7 Å². The van der Waals surface area contributed by atoms with Crippen molar-refractivity contribution in [3.63, 3.8) is 0 Å². The van der Waals surface area contributed by atoms with E-state index in [9.17, 15) is 9.18 Å². The number of halogens is 1. The second-order valence-corrected chi connectivity index (χ2v) is 7.67. The maximum atomic E-state index is 13.3. The second-order valence-electron chi connectivity index (χ2n) is 7.67. The average molecular weight is 347 g/mol. The van der Waals surface area contributed by atoms with Crippen LogP contribution in [0.1, 0.15) is 48.9 Å². The number of carbonyl (C=O) groups excluding carboxylic acids is 1. The Bertz CT molecular complexity index is 635. The van der Waals surface area contributed by atoms with E-state index in [1.54, 1.807) is 6.07 Å². The molecule has 3 fully saturated rings. The summed E-state index contributed by atoms with van der Waals surface area (Å²) in [6, 6.07) is 2.79. The van der Waals surface area contributed by atoms with Crippen LogP contribution in [0.5, 0.6) is 0 Å². The molecule has 0 radical (unpaired) electrons. The van der Waals surface area contributed by atoms with Crippen LogP contribution in [0, 0.1) is 5.95 Å². The lowest BCUT2D eigenvalue weighted by atomic mass is 9.90. The first-order valence-corrected chi connectivity index (χ1v) is 9.45. The molecule has 1 amide bonds.